The van der Waals surface area contributed by atoms with Crippen molar-refractivity contribution >= 4 is 23.1 Å². The molecule has 1 aliphatic heterocycles. The summed E-state index contributed by atoms with van der Waals surface area (Å²) in [6.45, 7) is 0.370. The summed E-state index contributed by atoms with van der Waals surface area (Å²) < 4.78 is 9.28. The van der Waals surface area contributed by atoms with Crippen molar-refractivity contribution in [3.05, 3.63) is 65.1 Å². The van der Waals surface area contributed by atoms with Crippen molar-refractivity contribution in [1.29, 1.82) is 0 Å². The maximum absolute atomic E-state index is 12.8. The van der Waals surface area contributed by atoms with Gasteiger partial charge < -0.3 is 14.6 Å². The van der Waals surface area contributed by atoms with Gasteiger partial charge in [-0.2, -0.15) is 0 Å². The summed E-state index contributed by atoms with van der Waals surface area (Å²) in [5.74, 6) is 0.673. The summed E-state index contributed by atoms with van der Waals surface area (Å²) in [4.78, 5) is 14.6. The monoisotopic (exact) mass is 312 g/mol. The topological polar surface area (TPSA) is 71.3 Å². The Hall–Kier alpha value is -2.67. The highest BCUT2D eigenvalue weighted by atomic mass is 32.1. The van der Waals surface area contributed by atoms with E-state index >= 15 is 0 Å². The Morgan fingerprint density at radius 2 is 2.18 bits per heavy atom. The molecule has 1 atom stereocenters. The summed E-state index contributed by atoms with van der Waals surface area (Å²) in [5.41, 5.74) is 2.18. The summed E-state index contributed by atoms with van der Waals surface area (Å²) in [6, 6.07) is 11.1. The second-order valence-electron chi connectivity index (χ2n) is 4.93. The Kier molecular flexibility index (Phi) is 3.12. The van der Waals surface area contributed by atoms with E-state index in [1.807, 2.05) is 41.8 Å². The minimum Gasteiger partial charge on any atom is -0.467 e. The lowest BCUT2D eigenvalue weighted by molar-refractivity contribution is 0.0647. The number of para-hydroxylation sites is 1. The molecule has 7 heteroatoms. The fourth-order valence-corrected chi connectivity index (χ4v) is 3.02. The van der Waals surface area contributed by atoms with Crippen LogP contribution in [0, 0.1) is 0 Å². The summed E-state index contributed by atoms with van der Waals surface area (Å²) in [6.07, 6.45) is 1.25. The van der Waals surface area contributed by atoms with Crippen LogP contribution in [-0.2, 0) is 6.54 Å². The molecule has 1 aromatic carbocycles. The molecule has 3 heterocycles. The van der Waals surface area contributed by atoms with Crippen LogP contribution in [0.1, 0.15) is 28.0 Å². The number of fused-ring (bicyclic) bond motifs is 1. The number of hydrogen-bond donors (Lipinski definition) is 1. The highest BCUT2D eigenvalue weighted by Gasteiger charge is 2.34. The molecule has 1 N–H and O–H groups in total. The molecule has 22 heavy (non-hydrogen) atoms. The molecule has 1 aliphatic rings. The molecule has 0 saturated carbocycles. The predicted octanol–water partition coefficient (Wildman–Crippen LogP) is 2.90. The highest BCUT2D eigenvalue weighted by molar-refractivity contribution is 7.03. The number of hydrogen-bond acceptors (Lipinski definition) is 6. The molecule has 0 aliphatic carbocycles. The van der Waals surface area contributed by atoms with Crippen LogP contribution in [-0.4, -0.2) is 20.4 Å². The maximum atomic E-state index is 12.8. The van der Waals surface area contributed by atoms with Crippen LogP contribution >= 0.6 is 11.5 Å². The van der Waals surface area contributed by atoms with Gasteiger partial charge in [-0.05, 0) is 35.8 Å². The van der Waals surface area contributed by atoms with Gasteiger partial charge in [-0.25, -0.2) is 0 Å². The van der Waals surface area contributed by atoms with Crippen LogP contribution in [0.3, 0.4) is 0 Å². The average Bonchev–Trinajstić information content (AvgIpc) is 3.23. The van der Waals surface area contributed by atoms with Crippen LogP contribution in [0.2, 0.25) is 0 Å². The van der Waals surface area contributed by atoms with E-state index in [0.717, 1.165) is 17.1 Å². The molecule has 1 amide bonds. The number of rotatable bonds is 3. The molecule has 0 radical (unpaired) electrons. The molecule has 0 unspecified atom stereocenters. The van der Waals surface area contributed by atoms with Crippen molar-refractivity contribution in [3.8, 4) is 0 Å². The first-order valence-corrected chi connectivity index (χ1v) is 7.62. The van der Waals surface area contributed by atoms with Crippen molar-refractivity contribution in [1.82, 2.24) is 14.5 Å². The summed E-state index contributed by atoms with van der Waals surface area (Å²) in [7, 11) is 0. The first-order valence-electron chi connectivity index (χ1n) is 6.79. The Labute approximate surface area is 130 Å². The van der Waals surface area contributed by atoms with Gasteiger partial charge in [-0.3, -0.25) is 4.79 Å². The van der Waals surface area contributed by atoms with Crippen molar-refractivity contribution in [2.45, 2.75) is 12.7 Å². The van der Waals surface area contributed by atoms with Gasteiger partial charge >= 0.3 is 0 Å². The van der Waals surface area contributed by atoms with Gasteiger partial charge in [0.2, 0.25) is 0 Å². The van der Waals surface area contributed by atoms with E-state index in [1.165, 1.54) is 11.5 Å². The standard InChI is InChI=1S/C15H12N4O2S/c20-15-11-5-1-2-6-12(11)16-14(13-9-22-18-17-13)19(15)8-10-4-3-7-21-10/h1-7,9,14,16H,8H2/t14-/m1/s1. The van der Waals surface area contributed by atoms with E-state index in [0.29, 0.717) is 12.1 Å². The molecule has 0 spiro atoms. The Balaban J connectivity index is 1.76. The largest absolute Gasteiger partial charge is 0.467 e. The van der Waals surface area contributed by atoms with Crippen LogP contribution in [0.15, 0.2) is 52.5 Å². The number of benzene rings is 1. The molecule has 0 saturated heterocycles. The summed E-state index contributed by atoms with van der Waals surface area (Å²) >= 11 is 1.26. The van der Waals surface area contributed by atoms with Crippen LogP contribution in [0.25, 0.3) is 0 Å². The van der Waals surface area contributed by atoms with E-state index in [4.69, 9.17) is 4.42 Å². The van der Waals surface area contributed by atoms with Crippen molar-refractivity contribution < 1.29 is 9.21 Å². The maximum Gasteiger partial charge on any atom is 0.258 e. The number of aromatic nitrogens is 2. The number of nitrogens with zero attached hydrogens (tertiary/aromatic N) is 3. The fraction of sp³-hybridized carbons (Fsp3) is 0.133. The first kappa shape index (κ1) is 13.0. The third kappa shape index (κ3) is 2.15. The molecular weight excluding hydrogens is 300 g/mol. The van der Waals surface area contributed by atoms with Crippen molar-refractivity contribution in [2.75, 3.05) is 5.32 Å². The Morgan fingerprint density at radius 1 is 1.27 bits per heavy atom. The third-order valence-electron chi connectivity index (χ3n) is 3.59. The Morgan fingerprint density at radius 3 is 2.95 bits per heavy atom. The smallest absolute Gasteiger partial charge is 0.258 e. The number of amides is 1. The number of anilines is 1. The van der Waals surface area contributed by atoms with Crippen LogP contribution in [0.5, 0.6) is 0 Å². The van der Waals surface area contributed by atoms with Gasteiger partial charge in [-0.15, -0.1) is 5.10 Å². The van der Waals surface area contributed by atoms with Gasteiger partial charge in [0.1, 0.15) is 17.6 Å². The number of furan rings is 1. The van der Waals surface area contributed by atoms with Gasteiger partial charge in [-0.1, -0.05) is 16.6 Å². The quantitative estimate of drug-likeness (QED) is 0.805. The van der Waals surface area contributed by atoms with E-state index in [-0.39, 0.29) is 12.1 Å². The molecular formula is C15H12N4O2S. The minimum absolute atomic E-state index is 0.0521. The zero-order chi connectivity index (χ0) is 14.9. The zero-order valence-corrected chi connectivity index (χ0v) is 12.3. The van der Waals surface area contributed by atoms with Gasteiger partial charge in [0.15, 0.2) is 0 Å². The third-order valence-corrected chi connectivity index (χ3v) is 4.11. The van der Waals surface area contributed by atoms with Crippen molar-refractivity contribution in [2.24, 2.45) is 0 Å². The lowest BCUT2D eigenvalue weighted by Gasteiger charge is -2.36. The molecule has 4 rings (SSSR count). The molecule has 0 bridgehead atoms. The fourth-order valence-electron chi connectivity index (χ4n) is 2.55. The number of nitrogens with one attached hydrogen (secondary N) is 1. The normalized spacial score (nSPS) is 17.2. The highest BCUT2D eigenvalue weighted by Crippen LogP contribution is 2.33. The van der Waals surface area contributed by atoms with E-state index in [9.17, 15) is 4.79 Å². The molecule has 0 fully saturated rings. The molecule has 2 aromatic heterocycles. The second-order valence-corrected chi connectivity index (χ2v) is 5.54. The second kappa shape index (κ2) is 5.27. The zero-order valence-electron chi connectivity index (χ0n) is 11.5. The molecule has 110 valence electrons. The van der Waals surface area contributed by atoms with Crippen molar-refractivity contribution in [3.63, 3.8) is 0 Å². The Bertz CT molecular complexity index is 786. The van der Waals surface area contributed by atoms with Gasteiger partial charge in [0.25, 0.3) is 5.91 Å². The minimum atomic E-state index is -0.355. The first-order chi connectivity index (χ1) is 10.8. The van der Waals surface area contributed by atoms with Gasteiger partial charge in [0, 0.05) is 11.1 Å². The average molecular weight is 312 g/mol. The van der Waals surface area contributed by atoms with E-state index < -0.39 is 0 Å². The van der Waals surface area contributed by atoms with E-state index in [1.54, 1.807) is 11.2 Å². The van der Waals surface area contributed by atoms with E-state index in [2.05, 4.69) is 14.9 Å². The van der Waals surface area contributed by atoms with Crippen LogP contribution in [0.4, 0.5) is 5.69 Å². The molecule has 3 aromatic rings. The lowest BCUT2D eigenvalue weighted by Crippen LogP contribution is -2.42. The predicted molar refractivity (Wildman–Crippen MR) is 81.3 cm³/mol. The van der Waals surface area contributed by atoms with Crippen LogP contribution < -0.4 is 5.32 Å². The number of carbonyl (C=O) groups is 1. The number of carbonyl (C=O) groups excluding carboxylic acids is 1. The molecule has 6 nitrogen and oxygen atoms in total. The lowest BCUT2D eigenvalue weighted by atomic mass is 10.1. The summed E-state index contributed by atoms with van der Waals surface area (Å²) in [5, 5.41) is 9.31. The van der Waals surface area contributed by atoms with Gasteiger partial charge in [0.05, 0.1) is 18.4 Å². The SMILES string of the molecule is O=C1c2ccccc2N[C@@H](c2csnn2)N1Cc1ccco1.